The molecule has 0 bridgehead atoms. The molecule has 2 fully saturated rings. The van der Waals surface area contributed by atoms with Crippen LogP contribution >= 0.6 is 11.6 Å². The monoisotopic (exact) mass is 415 g/mol. The van der Waals surface area contributed by atoms with Crippen LogP contribution in [-0.2, 0) is 15.1 Å². The highest BCUT2D eigenvalue weighted by Gasteiger charge is 2.49. The molecule has 5 nitrogen and oxygen atoms in total. The third-order valence-electron chi connectivity index (χ3n) is 6.06. The molecule has 1 spiro atoms. The molecule has 4 rings (SSSR count). The summed E-state index contributed by atoms with van der Waals surface area (Å²) in [4.78, 5) is 22.8. The van der Waals surface area contributed by atoms with Gasteiger partial charge in [-0.1, -0.05) is 31.0 Å². The van der Waals surface area contributed by atoms with Gasteiger partial charge in [-0.05, 0) is 49.6 Å². The Bertz CT molecular complexity index is 944. The minimum absolute atomic E-state index is 0.137. The molecule has 1 aromatic heterocycles. The van der Waals surface area contributed by atoms with Crippen LogP contribution in [0.2, 0.25) is 5.02 Å². The molecule has 29 heavy (non-hydrogen) atoms. The number of carbonyl (C=O) groups is 1. The van der Waals surface area contributed by atoms with E-state index in [0.717, 1.165) is 43.6 Å². The van der Waals surface area contributed by atoms with E-state index in [1.165, 1.54) is 6.08 Å². The first kappa shape index (κ1) is 20.0. The van der Waals surface area contributed by atoms with E-state index in [0.29, 0.717) is 29.6 Å². The molecule has 2 aromatic rings. The Labute approximate surface area is 174 Å². The predicted molar refractivity (Wildman–Crippen MR) is 109 cm³/mol. The molecule has 0 N–H and O–H groups in total. The number of aromatic nitrogens is 2. The molecule has 7 heteroatoms. The van der Waals surface area contributed by atoms with Crippen LogP contribution in [-0.4, -0.2) is 39.5 Å². The maximum atomic E-state index is 13.2. The average Bonchev–Trinajstić information content (AvgIpc) is 3.18. The standard InChI is InChI=1S/C22H23ClFN3O2/c1-3-19(28)27-13-22(6-4-5-7-22)29-14-21(27,2)16-8-15(9-17(23)10-16)20-25-11-18(24)12-26-20/h3,8-12H,1,4-7,13-14H2,2H3. The lowest BCUT2D eigenvalue weighted by Gasteiger charge is -2.51. The fourth-order valence-electron chi connectivity index (χ4n) is 4.36. The Morgan fingerprint density at radius 3 is 2.62 bits per heavy atom. The molecule has 2 aliphatic rings. The quantitative estimate of drug-likeness (QED) is 0.692. The van der Waals surface area contributed by atoms with Gasteiger partial charge in [0, 0.05) is 10.6 Å². The van der Waals surface area contributed by atoms with Crippen molar-refractivity contribution in [1.82, 2.24) is 14.9 Å². The second-order valence-corrected chi connectivity index (χ2v) is 8.47. The normalized spacial score (nSPS) is 23.3. The van der Waals surface area contributed by atoms with Gasteiger partial charge in [-0.3, -0.25) is 4.79 Å². The smallest absolute Gasteiger partial charge is 0.246 e. The van der Waals surface area contributed by atoms with E-state index < -0.39 is 11.4 Å². The Kier molecular flexibility index (Phi) is 5.17. The first-order valence-electron chi connectivity index (χ1n) is 9.72. The summed E-state index contributed by atoms with van der Waals surface area (Å²) in [6.07, 6.45) is 7.70. The number of amides is 1. The van der Waals surface area contributed by atoms with Crippen molar-refractivity contribution in [3.63, 3.8) is 0 Å². The van der Waals surface area contributed by atoms with Crippen molar-refractivity contribution < 1.29 is 13.9 Å². The van der Waals surface area contributed by atoms with Gasteiger partial charge < -0.3 is 9.64 Å². The van der Waals surface area contributed by atoms with Gasteiger partial charge in [-0.25, -0.2) is 14.4 Å². The second kappa shape index (κ2) is 7.50. The molecule has 2 heterocycles. The van der Waals surface area contributed by atoms with E-state index in [1.54, 1.807) is 6.07 Å². The molecule has 1 aromatic carbocycles. The number of rotatable bonds is 3. The van der Waals surface area contributed by atoms with Crippen LogP contribution in [0.5, 0.6) is 0 Å². The number of hydrogen-bond acceptors (Lipinski definition) is 4. The summed E-state index contributed by atoms with van der Waals surface area (Å²) in [7, 11) is 0. The lowest BCUT2D eigenvalue weighted by atomic mass is 9.84. The second-order valence-electron chi connectivity index (χ2n) is 8.03. The summed E-state index contributed by atoms with van der Waals surface area (Å²) in [5.41, 5.74) is 0.468. The number of ether oxygens (including phenoxy) is 1. The van der Waals surface area contributed by atoms with E-state index in [9.17, 15) is 9.18 Å². The van der Waals surface area contributed by atoms with Crippen LogP contribution in [0.3, 0.4) is 0 Å². The van der Waals surface area contributed by atoms with Crippen LogP contribution < -0.4 is 0 Å². The van der Waals surface area contributed by atoms with Gasteiger partial charge in [0.15, 0.2) is 11.6 Å². The number of halogens is 2. The maximum Gasteiger partial charge on any atom is 0.246 e. The zero-order valence-corrected chi connectivity index (χ0v) is 17.1. The molecule has 1 saturated carbocycles. The zero-order chi connectivity index (χ0) is 20.6. The zero-order valence-electron chi connectivity index (χ0n) is 16.3. The van der Waals surface area contributed by atoms with Gasteiger partial charge >= 0.3 is 0 Å². The lowest BCUT2D eigenvalue weighted by Crippen LogP contribution is -2.61. The highest BCUT2D eigenvalue weighted by atomic mass is 35.5. The third-order valence-corrected chi connectivity index (χ3v) is 6.27. The predicted octanol–water partition coefficient (Wildman–Crippen LogP) is 4.51. The number of hydrogen-bond donors (Lipinski definition) is 0. The first-order valence-corrected chi connectivity index (χ1v) is 10.1. The summed E-state index contributed by atoms with van der Waals surface area (Å²) in [5.74, 6) is -0.278. The highest BCUT2D eigenvalue weighted by molar-refractivity contribution is 6.31. The van der Waals surface area contributed by atoms with Crippen LogP contribution in [0.4, 0.5) is 4.39 Å². The average molecular weight is 416 g/mol. The summed E-state index contributed by atoms with van der Waals surface area (Å²) in [6.45, 7) is 6.53. The van der Waals surface area contributed by atoms with Crippen LogP contribution in [0.15, 0.2) is 43.2 Å². The molecule has 1 unspecified atom stereocenters. The van der Waals surface area contributed by atoms with Crippen LogP contribution in [0, 0.1) is 5.82 Å². The topological polar surface area (TPSA) is 55.3 Å². The van der Waals surface area contributed by atoms with Gasteiger partial charge in [0.05, 0.1) is 36.7 Å². The van der Waals surface area contributed by atoms with Crippen molar-refractivity contribution in [3.05, 3.63) is 59.7 Å². The third kappa shape index (κ3) is 3.67. The van der Waals surface area contributed by atoms with Crippen molar-refractivity contribution >= 4 is 17.5 Å². The van der Waals surface area contributed by atoms with Gasteiger partial charge in [0.25, 0.3) is 0 Å². The molecule has 152 valence electrons. The SMILES string of the molecule is C=CC(=O)N1CC2(CCCC2)OCC1(C)c1cc(Cl)cc(-c2ncc(F)cn2)c1. The van der Waals surface area contributed by atoms with E-state index in [2.05, 4.69) is 16.5 Å². The number of carbonyl (C=O) groups excluding carboxylic acids is 1. The molecule has 0 radical (unpaired) electrons. The summed E-state index contributed by atoms with van der Waals surface area (Å²) >= 11 is 6.40. The summed E-state index contributed by atoms with van der Waals surface area (Å²) in [6, 6.07) is 5.44. The van der Waals surface area contributed by atoms with Crippen molar-refractivity contribution in [2.24, 2.45) is 0 Å². The minimum Gasteiger partial charge on any atom is -0.370 e. The van der Waals surface area contributed by atoms with Crippen molar-refractivity contribution in [1.29, 1.82) is 0 Å². The fraction of sp³-hybridized carbons (Fsp3) is 0.409. The lowest BCUT2D eigenvalue weighted by molar-refractivity contribution is -0.177. The Morgan fingerprint density at radius 1 is 1.28 bits per heavy atom. The maximum absolute atomic E-state index is 13.2. The van der Waals surface area contributed by atoms with E-state index in [4.69, 9.17) is 16.3 Å². The molecule has 1 aliphatic carbocycles. The van der Waals surface area contributed by atoms with Gasteiger partial charge in [-0.15, -0.1) is 0 Å². The van der Waals surface area contributed by atoms with Gasteiger partial charge in [-0.2, -0.15) is 0 Å². The molecular formula is C22H23ClFN3O2. The van der Waals surface area contributed by atoms with Gasteiger partial charge in [0.1, 0.15) is 0 Å². The number of benzene rings is 1. The largest absolute Gasteiger partial charge is 0.370 e. The van der Waals surface area contributed by atoms with Crippen LogP contribution in [0.1, 0.15) is 38.2 Å². The highest BCUT2D eigenvalue weighted by Crippen LogP contribution is 2.44. The Balaban J connectivity index is 1.76. The molecule has 1 atom stereocenters. The van der Waals surface area contributed by atoms with Gasteiger partial charge in [0.2, 0.25) is 5.91 Å². The first-order chi connectivity index (χ1) is 13.8. The van der Waals surface area contributed by atoms with E-state index >= 15 is 0 Å². The Morgan fingerprint density at radius 2 is 1.97 bits per heavy atom. The van der Waals surface area contributed by atoms with E-state index in [1.807, 2.05) is 24.0 Å². The molecule has 1 aliphatic heterocycles. The van der Waals surface area contributed by atoms with Crippen LogP contribution in [0.25, 0.3) is 11.4 Å². The summed E-state index contributed by atoms with van der Waals surface area (Å²) in [5, 5.41) is 0.485. The number of morpholine rings is 1. The Hall–Kier alpha value is -2.31. The minimum atomic E-state index is -0.723. The van der Waals surface area contributed by atoms with Crippen molar-refractivity contribution in [2.45, 2.75) is 43.7 Å². The molecule has 1 saturated heterocycles. The number of nitrogens with zero attached hydrogens (tertiary/aromatic N) is 3. The van der Waals surface area contributed by atoms with Crippen molar-refractivity contribution in [3.8, 4) is 11.4 Å². The van der Waals surface area contributed by atoms with Crippen molar-refractivity contribution in [2.75, 3.05) is 13.2 Å². The van der Waals surface area contributed by atoms with E-state index in [-0.39, 0.29) is 11.5 Å². The fourth-order valence-corrected chi connectivity index (χ4v) is 4.60. The molecular weight excluding hydrogens is 393 g/mol. The molecule has 1 amide bonds. The summed E-state index contributed by atoms with van der Waals surface area (Å²) < 4.78 is 19.6.